The zero-order valence-corrected chi connectivity index (χ0v) is 16.9. The van der Waals surface area contributed by atoms with Crippen molar-refractivity contribution >= 4 is 34.4 Å². The summed E-state index contributed by atoms with van der Waals surface area (Å²) in [6, 6.07) is 1.74. The molecule has 1 aliphatic rings. The van der Waals surface area contributed by atoms with Gasteiger partial charge in [0.15, 0.2) is 23.1 Å². The smallest absolute Gasteiger partial charge is 0.311 e. The number of anilines is 1. The standard InChI is InChI=1S/C20H18ClF2N5O2/c1-9-4-3-5-14(15(9)20(29)30-2)25-19-13(23)7-12(22)17(26-19)16-11-6-10(21)8-24-18(11)28-27-16/h3,5-9,14-15H,4H2,1-2H3,(H,25,26)(H,24,27,28). The largest absolute Gasteiger partial charge is 0.469 e. The zero-order chi connectivity index (χ0) is 21.4. The molecule has 3 atom stereocenters. The van der Waals surface area contributed by atoms with Crippen molar-refractivity contribution in [2.75, 3.05) is 12.4 Å². The van der Waals surface area contributed by atoms with Crippen molar-refractivity contribution in [2.24, 2.45) is 11.8 Å². The molecule has 3 aromatic heterocycles. The van der Waals surface area contributed by atoms with E-state index < -0.39 is 29.6 Å². The number of nitrogens with zero attached hydrogens (tertiary/aromatic N) is 3. The van der Waals surface area contributed by atoms with Gasteiger partial charge in [-0.15, -0.1) is 0 Å². The summed E-state index contributed by atoms with van der Waals surface area (Å²) in [7, 11) is 1.31. The molecule has 0 saturated carbocycles. The molecule has 156 valence electrons. The average molecular weight is 434 g/mol. The number of nitrogens with one attached hydrogen (secondary N) is 2. The van der Waals surface area contributed by atoms with Gasteiger partial charge in [0.05, 0.1) is 29.8 Å². The lowest BCUT2D eigenvalue weighted by molar-refractivity contribution is -0.147. The van der Waals surface area contributed by atoms with E-state index in [9.17, 15) is 13.6 Å². The lowest BCUT2D eigenvalue weighted by Crippen LogP contribution is -2.40. The molecule has 10 heteroatoms. The second-order valence-corrected chi connectivity index (χ2v) is 7.57. The van der Waals surface area contributed by atoms with Crippen LogP contribution < -0.4 is 5.32 Å². The number of H-pyrrole nitrogens is 1. The maximum atomic E-state index is 14.6. The van der Waals surface area contributed by atoms with Crippen molar-refractivity contribution in [1.82, 2.24) is 20.2 Å². The first-order chi connectivity index (χ1) is 14.4. The van der Waals surface area contributed by atoms with E-state index in [1.807, 2.05) is 13.0 Å². The molecule has 3 aromatic rings. The molecule has 0 saturated heterocycles. The Labute approximate surface area is 175 Å². The number of esters is 1. The van der Waals surface area contributed by atoms with E-state index in [1.165, 1.54) is 13.3 Å². The van der Waals surface area contributed by atoms with E-state index in [0.717, 1.165) is 6.07 Å². The van der Waals surface area contributed by atoms with Crippen molar-refractivity contribution in [3.05, 3.63) is 47.1 Å². The number of methoxy groups -OCH3 is 1. The van der Waals surface area contributed by atoms with Crippen LogP contribution in [0.5, 0.6) is 0 Å². The Morgan fingerprint density at radius 2 is 2.13 bits per heavy atom. The number of hydrogen-bond acceptors (Lipinski definition) is 6. The third-order valence-corrected chi connectivity index (χ3v) is 5.38. The first kappa shape index (κ1) is 20.2. The summed E-state index contributed by atoms with van der Waals surface area (Å²) in [5.41, 5.74) is 0.398. The number of pyridine rings is 2. The molecule has 0 fully saturated rings. The number of ether oxygens (including phenoxy) is 1. The van der Waals surface area contributed by atoms with E-state index in [-0.39, 0.29) is 23.1 Å². The fourth-order valence-electron chi connectivity index (χ4n) is 3.67. The van der Waals surface area contributed by atoms with Gasteiger partial charge in [0.2, 0.25) is 0 Å². The number of carbonyl (C=O) groups excluding carboxylic acids is 1. The minimum atomic E-state index is -0.883. The van der Waals surface area contributed by atoms with Crippen LogP contribution in [0.3, 0.4) is 0 Å². The maximum Gasteiger partial charge on any atom is 0.311 e. The number of hydrogen-bond donors (Lipinski definition) is 2. The Morgan fingerprint density at radius 1 is 1.33 bits per heavy atom. The van der Waals surface area contributed by atoms with Gasteiger partial charge in [-0.3, -0.25) is 9.89 Å². The fourth-order valence-corrected chi connectivity index (χ4v) is 3.83. The van der Waals surface area contributed by atoms with Crippen LogP contribution in [0.25, 0.3) is 22.4 Å². The summed E-state index contributed by atoms with van der Waals surface area (Å²) in [5, 5.41) is 10.4. The molecule has 0 aliphatic heterocycles. The minimum Gasteiger partial charge on any atom is -0.469 e. The molecular formula is C20H18ClF2N5O2. The van der Waals surface area contributed by atoms with Gasteiger partial charge in [-0.05, 0) is 18.4 Å². The minimum absolute atomic E-state index is 0.0207. The normalized spacial score (nSPS) is 21.0. The Bertz CT molecular complexity index is 1150. The lowest BCUT2D eigenvalue weighted by Gasteiger charge is -2.31. The van der Waals surface area contributed by atoms with Crippen molar-refractivity contribution in [2.45, 2.75) is 19.4 Å². The van der Waals surface area contributed by atoms with Gasteiger partial charge in [-0.2, -0.15) is 5.10 Å². The zero-order valence-electron chi connectivity index (χ0n) is 16.1. The number of aromatic nitrogens is 4. The molecule has 0 spiro atoms. The first-order valence-electron chi connectivity index (χ1n) is 9.26. The Kier molecular flexibility index (Phi) is 5.38. The lowest BCUT2D eigenvalue weighted by atomic mass is 9.81. The Morgan fingerprint density at radius 3 is 2.90 bits per heavy atom. The SMILES string of the molecule is COC(=O)C1C(C)CC=CC1Nc1nc(-c2[nH]nc3ncc(Cl)cc23)c(F)cc1F. The fraction of sp³-hybridized carbons (Fsp3) is 0.300. The van der Waals surface area contributed by atoms with Gasteiger partial charge >= 0.3 is 5.97 Å². The third-order valence-electron chi connectivity index (χ3n) is 5.17. The molecule has 7 nitrogen and oxygen atoms in total. The highest BCUT2D eigenvalue weighted by Crippen LogP contribution is 2.32. The third kappa shape index (κ3) is 3.60. The molecule has 0 radical (unpaired) electrons. The average Bonchev–Trinajstić information content (AvgIpc) is 3.12. The summed E-state index contributed by atoms with van der Waals surface area (Å²) in [4.78, 5) is 20.5. The van der Waals surface area contributed by atoms with Crippen LogP contribution in [0.15, 0.2) is 30.5 Å². The Hall–Kier alpha value is -3.07. The molecule has 4 rings (SSSR count). The molecule has 1 aliphatic carbocycles. The molecule has 0 aromatic carbocycles. The quantitative estimate of drug-likeness (QED) is 0.475. The number of carbonyl (C=O) groups is 1. The monoisotopic (exact) mass is 433 g/mol. The van der Waals surface area contributed by atoms with Gasteiger partial charge in [0.1, 0.15) is 5.69 Å². The highest BCUT2D eigenvalue weighted by molar-refractivity contribution is 6.31. The van der Waals surface area contributed by atoms with Crippen LogP contribution in [0.4, 0.5) is 14.6 Å². The molecule has 30 heavy (non-hydrogen) atoms. The van der Waals surface area contributed by atoms with Crippen LogP contribution in [0, 0.1) is 23.5 Å². The Balaban J connectivity index is 1.75. The van der Waals surface area contributed by atoms with Crippen LogP contribution in [-0.2, 0) is 9.53 Å². The van der Waals surface area contributed by atoms with Crippen molar-refractivity contribution in [1.29, 1.82) is 0 Å². The predicted octanol–water partition coefficient (Wildman–Crippen LogP) is 4.12. The van der Waals surface area contributed by atoms with Crippen molar-refractivity contribution in [3.8, 4) is 11.4 Å². The molecular weight excluding hydrogens is 416 g/mol. The van der Waals surface area contributed by atoms with Gasteiger partial charge < -0.3 is 10.1 Å². The summed E-state index contributed by atoms with van der Waals surface area (Å²) in [6.07, 6.45) is 5.77. The van der Waals surface area contributed by atoms with Crippen LogP contribution in [-0.4, -0.2) is 39.3 Å². The highest BCUT2D eigenvalue weighted by Gasteiger charge is 2.35. The van der Waals surface area contributed by atoms with E-state index in [1.54, 1.807) is 12.1 Å². The summed E-state index contributed by atoms with van der Waals surface area (Å²) in [6.45, 7) is 1.91. The molecule has 3 heterocycles. The highest BCUT2D eigenvalue weighted by atomic mass is 35.5. The number of aromatic amines is 1. The van der Waals surface area contributed by atoms with E-state index in [0.29, 0.717) is 22.5 Å². The topological polar surface area (TPSA) is 92.8 Å². The number of halogens is 3. The summed E-state index contributed by atoms with van der Waals surface area (Å²) < 4.78 is 34.1. The van der Waals surface area contributed by atoms with Crippen LogP contribution >= 0.6 is 11.6 Å². The van der Waals surface area contributed by atoms with Crippen molar-refractivity contribution < 1.29 is 18.3 Å². The molecule has 2 N–H and O–H groups in total. The first-order valence-corrected chi connectivity index (χ1v) is 9.64. The van der Waals surface area contributed by atoms with E-state index in [4.69, 9.17) is 16.3 Å². The van der Waals surface area contributed by atoms with Crippen molar-refractivity contribution in [3.63, 3.8) is 0 Å². The van der Waals surface area contributed by atoms with Gasteiger partial charge in [0, 0.05) is 17.6 Å². The number of allylic oxidation sites excluding steroid dienone is 1. The summed E-state index contributed by atoms with van der Waals surface area (Å²) in [5.74, 6) is -2.92. The van der Waals surface area contributed by atoms with Gasteiger partial charge in [-0.25, -0.2) is 18.7 Å². The predicted molar refractivity (Wildman–Crippen MR) is 108 cm³/mol. The maximum absolute atomic E-state index is 14.6. The number of fused-ring (bicyclic) bond motifs is 1. The van der Waals surface area contributed by atoms with Crippen LogP contribution in [0.2, 0.25) is 5.02 Å². The van der Waals surface area contributed by atoms with E-state index in [2.05, 4.69) is 25.5 Å². The molecule has 0 amide bonds. The summed E-state index contributed by atoms with van der Waals surface area (Å²) >= 11 is 5.99. The second-order valence-electron chi connectivity index (χ2n) is 7.13. The molecule has 3 unspecified atom stereocenters. The van der Waals surface area contributed by atoms with Gasteiger partial charge in [0.25, 0.3) is 0 Å². The van der Waals surface area contributed by atoms with E-state index >= 15 is 0 Å². The second kappa shape index (κ2) is 7.98. The van der Waals surface area contributed by atoms with Crippen LogP contribution in [0.1, 0.15) is 13.3 Å². The van der Waals surface area contributed by atoms with Gasteiger partial charge in [-0.1, -0.05) is 30.7 Å². The number of rotatable bonds is 4. The molecule has 0 bridgehead atoms.